The van der Waals surface area contributed by atoms with Crippen LogP contribution < -0.4 is 0 Å². The monoisotopic (exact) mass is 514 g/mol. The van der Waals surface area contributed by atoms with Gasteiger partial charge in [0.25, 0.3) is 0 Å². The van der Waals surface area contributed by atoms with Gasteiger partial charge in [0.15, 0.2) is 0 Å². The molecular weight excluding hydrogens is 500 g/mol. The molecule has 7 heteroatoms. The quantitative estimate of drug-likeness (QED) is 0.214. The maximum absolute atomic E-state index is 9.10. The van der Waals surface area contributed by atoms with Crippen LogP contribution in [-0.4, -0.2) is 31.5 Å². The third-order valence-electron chi connectivity index (χ3n) is 3.61. The fraction of sp³-hybridized carbons (Fsp3) is 0.0556. The van der Waals surface area contributed by atoms with Gasteiger partial charge in [-0.15, -0.1) is 29.7 Å². The van der Waals surface area contributed by atoms with Gasteiger partial charge in [0.05, 0.1) is 5.65 Å². The zero-order valence-corrected chi connectivity index (χ0v) is 15.5. The molecule has 0 atom stereocenters. The molecule has 2 heterocycles. The van der Waals surface area contributed by atoms with E-state index in [0.717, 1.165) is 11.0 Å². The van der Waals surface area contributed by atoms with Crippen LogP contribution in [0.15, 0.2) is 48.8 Å². The van der Waals surface area contributed by atoms with E-state index in [1.165, 1.54) is 21.9 Å². The molecule has 25 heavy (non-hydrogen) atoms. The molecule has 2 aromatic heterocycles. The van der Waals surface area contributed by atoms with Crippen molar-refractivity contribution in [3.63, 3.8) is 0 Å². The molecule has 0 saturated heterocycles. The first-order valence-corrected chi connectivity index (χ1v) is 7.11. The summed E-state index contributed by atoms with van der Waals surface area (Å²) in [5.74, 6) is -3.65. The Bertz CT molecular complexity index is 1080. The number of carbonyl (C=O) groups is 2. The molecule has 0 aliphatic heterocycles. The normalized spacial score (nSPS) is 10.1. The Labute approximate surface area is 156 Å². The van der Waals surface area contributed by atoms with Crippen molar-refractivity contribution in [2.45, 2.75) is 6.92 Å². The number of aromatic nitrogens is 2. The third-order valence-corrected chi connectivity index (χ3v) is 3.61. The van der Waals surface area contributed by atoms with Crippen LogP contribution in [0.5, 0.6) is 0 Å². The van der Waals surface area contributed by atoms with E-state index in [9.17, 15) is 0 Å². The van der Waals surface area contributed by atoms with E-state index in [0.29, 0.717) is 0 Å². The Balaban J connectivity index is 0.000000283. The molecule has 0 aliphatic rings. The molecule has 6 nitrogen and oxygen atoms in total. The fourth-order valence-electron chi connectivity index (χ4n) is 2.60. The summed E-state index contributed by atoms with van der Waals surface area (Å²) < 4.78 is 2.13. The topological polar surface area (TPSA) is 91.9 Å². The van der Waals surface area contributed by atoms with Crippen LogP contribution in [-0.2, 0) is 29.7 Å². The Morgan fingerprint density at radius 3 is 2.52 bits per heavy atom. The van der Waals surface area contributed by atoms with E-state index in [4.69, 9.17) is 19.8 Å². The predicted octanol–water partition coefficient (Wildman–Crippen LogP) is 2.90. The van der Waals surface area contributed by atoms with Gasteiger partial charge in [0.2, 0.25) is 0 Å². The zero-order valence-electron chi connectivity index (χ0n) is 13.1. The Kier molecular flexibility index (Phi) is 5.51. The molecule has 0 amide bonds. The van der Waals surface area contributed by atoms with Gasteiger partial charge in [-0.05, 0) is 18.4 Å². The molecular formula is C18H13IrN2O4-. The van der Waals surface area contributed by atoms with Crippen LogP contribution in [0.1, 0.15) is 5.56 Å². The van der Waals surface area contributed by atoms with Gasteiger partial charge in [-0.25, -0.2) is 9.59 Å². The molecule has 0 fully saturated rings. The number of carboxylic acid groups (broad SMARTS) is 2. The fourth-order valence-corrected chi connectivity index (χ4v) is 2.60. The first-order chi connectivity index (χ1) is 11.5. The zero-order chi connectivity index (χ0) is 17.3. The number of rotatable bonds is 0. The number of imidazole rings is 1. The van der Waals surface area contributed by atoms with Gasteiger partial charge < -0.3 is 14.6 Å². The molecule has 129 valence electrons. The number of aliphatic carboxylic acids is 2. The van der Waals surface area contributed by atoms with E-state index in [2.05, 4.69) is 46.6 Å². The maximum Gasteiger partial charge on any atom is 0.414 e. The molecule has 2 N–H and O–H groups in total. The van der Waals surface area contributed by atoms with Crippen molar-refractivity contribution in [1.82, 2.24) is 9.38 Å². The van der Waals surface area contributed by atoms with Crippen molar-refractivity contribution in [2.24, 2.45) is 0 Å². The maximum atomic E-state index is 9.10. The number of nitrogens with zero attached hydrogens (tertiary/aromatic N) is 2. The van der Waals surface area contributed by atoms with Crippen molar-refractivity contribution < 1.29 is 39.9 Å². The van der Waals surface area contributed by atoms with E-state index < -0.39 is 11.9 Å². The number of fused-ring (bicyclic) bond motifs is 6. The number of aryl methyl sites for hydroxylation is 1. The smallest absolute Gasteiger partial charge is 0.414 e. The van der Waals surface area contributed by atoms with Gasteiger partial charge in [0.1, 0.15) is 0 Å². The van der Waals surface area contributed by atoms with E-state index in [-0.39, 0.29) is 20.1 Å². The number of pyridine rings is 1. The molecule has 0 bridgehead atoms. The summed E-state index contributed by atoms with van der Waals surface area (Å²) in [7, 11) is 0. The van der Waals surface area contributed by atoms with Crippen LogP contribution >= 0.6 is 0 Å². The standard InChI is InChI=1S/C16H11N2.C2H2O4.Ir/c1-11-6-7-15-14(10-11)12-4-2-3-5-13(12)16-17-8-9-18(15)16;3-1(4)2(5)6;/h2-4,6-10H,1H3;(H,3,4)(H,5,6);/q-1;;. The van der Waals surface area contributed by atoms with Crippen molar-refractivity contribution >= 4 is 39.3 Å². The number of hydrogen-bond donors (Lipinski definition) is 2. The second kappa shape index (κ2) is 7.42. The molecule has 0 aliphatic carbocycles. The van der Waals surface area contributed by atoms with Crippen LogP contribution in [0.2, 0.25) is 0 Å². The minimum absolute atomic E-state index is 0. The minimum atomic E-state index is -1.82. The summed E-state index contributed by atoms with van der Waals surface area (Å²) in [6.07, 6.45) is 3.85. The van der Waals surface area contributed by atoms with E-state index in [1.807, 2.05) is 24.5 Å². The molecule has 0 saturated carbocycles. The number of hydrogen-bond acceptors (Lipinski definition) is 3. The second-order valence-electron chi connectivity index (χ2n) is 5.21. The summed E-state index contributed by atoms with van der Waals surface area (Å²) in [6.45, 7) is 2.12. The van der Waals surface area contributed by atoms with Gasteiger partial charge in [-0.2, -0.15) is 0 Å². The molecule has 1 radical (unpaired) electrons. The first kappa shape index (κ1) is 18.6. The van der Waals surface area contributed by atoms with E-state index >= 15 is 0 Å². The molecule has 4 aromatic rings. The average molecular weight is 514 g/mol. The third kappa shape index (κ3) is 3.52. The Hall–Kier alpha value is -2.76. The molecule has 0 spiro atoms. The predicted molar refractivity (Wildman–Crippen MR) is 89.0 cm³/mol. The van der Waals surface area contributed by atoms with E-state index in [1.54, 1.807) is 0 Å². The van der Waals surface area contributed by atoms with Crippen molar-refractivity contribution in [3.8, 4) is 0 Å². The summed E-state index contributed by atoms with van der Waals surface area (Å²) in [5, 5.41) is 18.3. The van der Waals surface area contributed by atoms with Crippen LogP contribution in [0.3, 0.4) is 0 Å². The minimum Gasteiger partial charge on any atom is -0.473 e. The number of carboxylic acids is 2. The summed E-state index contributed by atoms with van der Waals surface area (Å²) in [6, 6.07) is 15.9. The summed E-state index contributed by atoms with van der Waals surface area (Å²) >= 11 is 0. The van der Waals surface area contributed by atoms with Gasteiger partial charge in [-0.1, -0.05) is 23.1 Å². The molecule has 0 unspecified atom stereocenters. The largest absolute Gasteiger partial charge is 0.473 e. The second-order valence-corrected chi connectivity index (χ2v) is 5.21. The van der Waals surface area contributed by atoms with Crippen LogP contribution in [0.4, 0.5) is 0 Å². The van der Waals surface area contributed by atoms with Crippen molar-refractivity contribution in [3.05, 3.63) is 60.4 Å². The van der Waals surface area contributed by atoms with Crippen molar-refractivity contribution in [2.75, 3.05) is 0 Å². The van der Waals surface area contributed by atoms with Gasteiger partial charge in [0, 0.05) is 38.0 Å². The Morgan fingerprint density at radius 2 is 1.84 bits per heavy atom. The van der Waals surface area contributed by atoms with Gasteiger partial charge in [-0.3, -0.25) is 4.98 Å². The van der Waals surface area contributed by atoms with Crippen LogP contribution in [0, 0.1) is 13.0 Å². The first-order valence-electron chi connectivity index (χ1n) is 7.11. The summed E-state index contributed by atoms with van der Waals surface area (Å²) in [5.41, 5.74) is 3.44. The molecule has 2 aromatic carbocycles. The van der Waals surface area contributed by atoms with Gasteiger partial charge >= 0.3 is 11.9 Å². The van der Waals surface area contributed by atoms with Crippen LogP contribution in [0.25, 0.3) is 27.3 Å². The average Bonchev–Trinajstić information content (AvgIpc) is 3.05. The number of benzene rings is 2. The SMILES string of the molecule is Cc1ccc2c(c1)c1ccc[c-]c1c1nccn21.O=C(O)C(=O)O.[Ir]. The molecule has 4 rings (SSSR count). The summed E-state index contributed by atoms with van der Waals surface area (Å²) in [4.78, 5) is 22.7. The Morgan fingerprint density at radius 1 is 1.12 bits per heavy atom. The van der Waals surface area contributed by atoms with Crippen molar-refractivity contribution in [1.29, 1.82) is 0 Å².